The molecule has 3 N–H and O–H groups in total. The van der Waals surface area contributed by atoms with Gasteiger partial charge < -0.3 is 0 Å². The van der Waals surface area contributed by atoms with Gasteiger partial charge in [0.1, 0.15) is 5.82 Å². The zero-order chi connectivity index (χ0) is 14.0. The molecule has 0 radical (unpaired) electrons. The van der Waals surface area contributed by atoms with Crippen LogP contribution in [0, 0.1) is 5.82 Å². The minimum atomic E-state index is -0.634. The predicted octanol–water partition coefficient (Wildman–Crippen LogP) is 4.34. The largest absolute Gasteiger partial charge is 0.271 e. The standard InChI is InChI=1S/C13H10Cl3FN2/c14-9-5-1-3-7(11(9)16)13(19-18)8-4-2-6-10(15)12(8)17/h1-6,13,19H,18H2. The van der Waals surface area contributed by atoms with Gasteiger partial charge in [-0.3, -0.25) is 5.84 Å². The highest BCUT2D eigenvalue weighted by molar-refractivity contribution is 6.42. The zero-order valence-electron chi connectivity index (χ0n) is 9.63. The summed E-state index contributed by atoms with van der Waals surface area (Å²) in [6.45, 7) is 0. The summed E-state index contributed by atoms with van der Waals surface area (Å²) in [6, 6.07) is 9.15. The van der Waals surface area contributed by atoms with Crippen LogP contribution in [0.4, 0.5) is 4.39 Å². The maximum atomic E-state index is 14.1. The van der Waals surface area contributed by atoms with Crippen molar-refractivity contribution < 1.29 is 4.39 Å². The van der Waals surface area contributed by atoms with Crippen LogP contribution in [-0.4, -0.2) is 0 Å². The van der Waals surface area contributed by atoms with E-state index < -0.39 is 11.9 Å². The Bertz CT molecular complexity index is 553. The molecule has 0 aromatic heterocycles. The number of hydrogen-bond acceptors (Lipinski definition) is 2. The van der Waals surface area contributed by atoms with Crippen molar-refractivity contribution in [1.82, 2.24) is 5.43 Å². The van der Waals surface area contributed by atoms with Crippen molar-refractivity contribution in [2.75, 3.05) is 0 Å². The molecule has 2 rings (SSSR count). The number of halogens is 4. The van der Waals surface area contributed by atoms with E-state index in [9.17, 15) is 4.39 Å². The molecule has 100 valence electrons. The van der Waals surface area contributed by atoms with Crippen LogP contribution in [0.5, 0.6) is 0 Å². The Balaban J connectivity index is 2.57. The van der Waals surface area contributed by atoms with Crippen LogP contribution in [0.2, 0.25) is 15.1 Å². The Morgan fingerprint density at radius 2 is 1.53 bits per heavy atom. The van der Waals surface area contributed by atoms with Crippen molar-refractivity contribution in [3.05, 3.63) is 68.4 Å². The number of benzene rings is 2. The lowest BCUT2D eigenvalue weighted by Gasteiger charge is -2.19. The van der Waals surface area contributed by atoms with Crippen molar-refractivity contribution in [3.8, 4) is 0 Å². The Labute approximate surface area is 125 Å². The molecule has 0 amide bonds. The first-order valence-electron chi connectivity index (χ1n) is 5.40. The molecule has 2 aromatic rings. The lowest BCUT2D eigenvalue weighted by molar-refractivity contribution is 0.560. The summed E-state index contributed by atoms with van der Waals surface area (Å²) >= 11 is 17.8. The highest BCUT2D eigenvalue weighted by atomic mass is 35.5. The second-order valence-electron chi connectivity index (χ2n) is 3.89. The molecule has 2 aromatic carbocycles. The molecule has 1 unspecified atom stereocenters. The molecule has 2 nitrogen and oxygen atoms in total. The van der Waals surface area contributed by atoms with Gasteiger partial charge in [-0.15, -0.1) is 0 Å². The van der Waals surface area contributed by atoms with E-state index in [-0.39, 0.29) is 5.02 Å². The summed E-state index contributed by atoms with van der Waals surface area (Å²) in [5, 5.41) is 0.726. The molecule has 0 saturated heterocycles. The SMILES string of the molecule is NNC(c1cccc(Cl)c1F)c1cccc(Cl)c1Cl. The zero-order valence-corrected chi connectivity index (χ0v) is 11.9. The summed E-state index contributed by atoms with van der Waals surface area (Å²) < 4.78 is 14.1. The summed E-state index contributed by atoms with van der Waals surface area (Å²) in [4.78, 5) is 0. The lowest BCUT2D eigenvalue weighted by atomic mass is 9.99. The number of hydrogen-bond donors (Lipinski definition) is 2. The van der Waals surface area contributed by atoms with E-state index in [0.29, 0.717) is 21.2 Å². The minimum Gasteiger partial charge on any atom is -0.271 e. The van der Waals surface area contributed by atoms with Gasteiger partial charge in [0.2, 0.25) is 0 Å². The molecule has 0 spiro atoms. The fraction of sp³-hybridized carbons (Fsp3) is 0.0769. The normalized spacial score (nSPS) is 12.5. The van der Waals surface area contributed by atoms with E-state index in [4.69, 9.17) is 40.6 Å². The first-order chi connectivity index (χ1) is 9.06. The average Bonchev–Trinajstić information content (AvgIpc) is 2.40. The van der Waals surface area contributed by atoms with Crippen LogP contribution in [0.3, 0.4) is 0 Å². The third-order valence-electron chi connectivity index (χ3n) is 2.75. The van der Waals surface area contributed by atoms with E-state index in [2.05, 4.69) is 5.43 Å². The lowest BCUT2D eigenvalue weighted by Crippen LogP contribution is -2.29. The molecule has 1 atom stereocenters. The maximum Gasteiger partial charge on any atom is 0.146 e. The maximum absolute atomic E-state index is 14.1. The summed E-state index contributed by atoms with van der Waals surface area (Å²) in [7, 11) is 0. The first kappa shape index (κ1) is 14.6. The van der Waals surface area contributed by atoms with E-state index in [1.807, 2.05) is 0 Å². The highest BCUT2D eigenvalue weighted by Crippen LogP contribution is 2.34. The Hall–Kier alpha value is -0.840. The van der Waals surface area contributed by atoms with Crippen LogP contribution in [0.25, 0.3) is 0 Å². The van der Waals surface area contributed by atoms with Crippen molar-refractivity contribution in [3.63, 3.8) is 0 Å². The van der Waals surface area contributed by atoms with E-state index in [1.54, 1.807) is 30.3 Å². The number of hydrazine groups is 1. The van der Waals surface area contributed by atoms with Gasteiger partial charge in [-0.1, -0.05) is 59.1 Å². The van der Waals surface area contributed by atoms with Crippen LogP contribution < -0.4 is 11.3 Å². The molecule has 0 fully saturated rings. The van der Waals surface area contributed by atoms with Gasteiger partial charge in [0.15, 0.2) is 0 Å². The molecule has 0 heterocycles. The van der Waals surface area contributed by atoms with Gasteiger partial charge in [-0.2, -0.15) is 0 Å². The Kier molecular flexibility index (Phi) is 4.66. The fourth-order valence-corrected chi connectivity index (χ4v) is 2.43. The minimum absolute atomic E-state index is 0.0240. The Morgan fingerprint density at radius 3 is 2.16 bits per heavy atom. The van der Waals surface area contributed by atoms with Gasteiger partial charge in [0.05, 0.1) is 21.1 Å². The van der Waals surface area contributed by atoms with Crippen LogP contribution in [0.15, 0.2) is 36.4 Å². The highest BCUT2D eigenvalue weighted by Gasteiger charge is 2.21. The second-order valence-corrected chi connectivity index (χ2v) is 5.08. The van der Waals surface area contributed by atoms with Crippen LogP contribution in [-0.2, 0) is 0 Å². The average molecular weight is 320 g/mol. The fourth-order valence-electron chi connectivity index (χ4n) is 1.83. The van der Waals surface area contributed by atoms with Gasteiger partial charge in [-0.25, -0.2) is 9.82 Å². The van der Waals surface area contributed by atoms with Crippen molar-refractivity contribution >= 4 is 34.8 Å². The molecule has 0 bridgehead atoms. The van der Waals surface area contributed by atoms with E-state index in [1.165, 1.54) is 6.07 Å². The molecule has 6 heteroatoms. The van der Waals surface area contributed by atoms with Crippen LogP contribution >= 0.6 is 34.8 Å². The van der Waals surface area contributed by atoms with Gasteiger partial charge >= 0.3 is 0 Å². The first-order valence-corrected chi connectivity index (χ1v) is 6.53. The molecular formula is C13H10Cl3FN2. The third-order valence-corrected chi connectivity index (χ3v) is 3.88. The van der Waals surface area contributed by atoms with Crippen molar-refractivity contribution in [2.45, 2.75) is 6.04 Å². The predicted molar refractivity (Wildman–Crippen MR) is 77.0 cm³/mol. The molecular weight excluding hydrogens is 310 g/mol. The quantitative estimate of drug-likeness (QED) is 0.652. The van der Waals surface area contributed by atoms with E-state index in [0.717, 1.165) is 0 Å². The van der Waals surface area contributed by atoms with Gasteiger partial charge in [-0.05, 0) is 17.7 Å². The van der Waals surface area contributed by atoms with E-state index >= 15 is 0 Å². The van der Waals surface area contributed by atoms with Gasteiger partial charge in [0.25, 0.3) is 0 Å². The molecule has 19 heavy (non-hydrogen) atoms. The number of rotatable bonds is 3. The second kappa shape index (κ2) is 6.07. The molecule has 0 aliphatic carbocycles. The topological polar surface area (TPSA) is 38.0 Å². The molecule has 0 saturated carbocycles. The summed E-state index contributed by atoms with van der Waals surface area (Å²) in [5.74, 6) is 4.97. The van der Waals surface area contributed by atoms with Crippen LogP contribution in [0.1, 0.15) is 17.2 Å². The number of nitrogens with one attached hydrogen (secondary N) is 1. The van der Waals surface area contributed by atoms with Crippen molar-refractivity contribution in [1.29, 1.82) is 0 Å². The third kappa shape index (κ3) is 2.86. The molecule has 0 aliphatic heterocycles. The van der Waals surface area contributed by atoms with Gasteiger partial charge in [0, 0.05) is 5.56 Å². The monoisotopic (exact) mass is 318 g/mol. The summed E-state index contributed by atoms with van der Waals surface area (Å²) in [5.41, 5.74) is 3.42. The van der Waals surface area contributed by atoms with Crippen molar-refractivity contribution in [2.24, 2.45) is 5.84 Å². The number of nitrogens with two attached hydrogens (primary N) is 1. The Morgan fingerprint density at radius 1 is 0.947 bits per heavy atom. The smallest absolute Gasteiger partial charge is 0.146 e. The summed E-state index contributed by atoms with van der Waals surface area (Å²) in [6.07, 6.45) is 0. The molecule has 0 aliphatic rings.